The van der Waals surface area contributed by atoms with Gasteiger partial charge >= 0.3 is 6.18 Å². The predicted molar refractivity (Wildman–Crippen MR) is 114 cm³/mol. The SMILES string of the molecule is Cc1ccc(S(=O)(=O)N(C)c2ccsc2C(=O)NCc2cccc(C(F)(F)F)c2)cc1. The summed E-state index contributed by atoms with van der Waals surface area (Å²) in [5, 5.41) is 4.14. The minimum absolute atomic E-state index is 0.0853. The lowest BCUT2D eigenvalue weighted by Crippen LogP contribution is -2.29. The van der Waals surface area contributed by atoms with Gasteiger partial charge < -0.3 is 5.32 Å². The summed E-state index contributed by atoms with van der Waals surface area (Å²) in [5.41, 5.74) is 0.570. The molecule has 0 saturated carbocycles. The van der Waals surface area contributed by atoms with Gasteiger partial charge in [-0.2, -0.15) is 13.2 Å². The van der Waals surface area contributed by atoms with E-state index in [4.69, 9.17) is 0 Å². The Labute approximate surface area is 182 Å². The second-order valence-electron chi connectivity index (χ2n) is 6.80. The molecule has 0 fully saturated rings. The molecule has 0 bridgehead atoms. The number of hydrogen-bond donors (Lipinski definition) is 1. The number of amides is 1. The number of sulfonamides is 1. The molecule has 3 aromatic rings. The van der Waals surface area contributed by atoms with E-state index >= 15 is 0 Å². The third-order valence-corrected chi connectivity index (χ3v) is 7.26. The second kappa shape index (κ2) is 8.72. The maximum atomic E-state index is 12.9. The van der Waals surface area contributed by atoms with E-state index in [1.54, 1.807) is 17.5 Å². The quantitative estimate of drug-likeness (QED) is 0.564. The Bertz CT molecular complexity index is 1190. The number of halogens is 3. The van der Waals surface area contributed by atoms with Crippen LogP contribution in [0.5, 0.6) is 0 Å². The largest absolute Gasteiger partial charge is 0.416 e. The zero-order valence-electron chi connectivity index (χ0n) is 16.6. The molecule has 1 aromatic heterocycles. The Balaban J connectivity index is 1.78. The van der Waals surface area contributed by atoms with Gasteiger partial charge in [0.15, 0.2) is 0 Å². The number of carbonyl (C=O) groups is 1. The van der Waals surface area contributed by atoms with Crippen LogP contribution in [-0.2, 0) is 22.7 Å². The molecule has 1 N–H and O–H groups in total. The Morgan fingerprint density at radius 3 is 2.42 bits per heavy atom. The van der Waals surface area contributed by atoms with Crippen molar-refractivity contribution < 1.29 is 26.4 Å². The summed E-state index contributed by atoms with van der Waals surface area (Å²) in [7, 11) is -2.54. The molecule has 0 saturated heterocycles. The van der Waals surface area contributed by atoms with Crippen molar-refractivity contribution in [1.82, 2.24) is 5.32 Å². The zero-order chi connectivity index (χ0) is 22.8. The molecule has 1 heterocycles. The van der Waals surface area contributed by atoms with Crippen molar-refractivity contribution in [2.45, 2.75) is 24.5 Å². The maximum absolute atomic E-state index is 12.9. The molecule has 0 unspecified atom stereocenters. The molecule has 0 aliphatic carbocycles. The van der Waals surface area contributed by atoms with Crippen molar-refractivity contribution in [3.8, 4) is 0 Å². The summed E-state index contributed by atoms with van der Waals surface area (Å²) >= 11 is 1.04. The van der Waals surface area contributed by atoms with Gasteiger partial charge in [0.25, 0.3) is 15.9 Å². The molecule has 5 nitrogen and oxygen atoms in total. The number of nitrogens with zero attached hydrogens (tertiary/aromatic N) is 1. The third-order valence-electron chi connectivity index (χ3n) is 4.58. The fraction of sp³-hybridized carbons (Fsp3) is 0.190. The van der Waals surface area contributed by atoms with Gasteiger partial charge in [-0.1, -0.05) is 29.8 Å². The number of carbonyl (C=O) groups excluding carboxylic acids is 1. The normalized spacial score (nSPS) is 11.9. The fourth-order valence-electron chi connectivity index (χ4n) is 2.84. The van der Waals surface area contributed by atoms with Crippen LogP contribution in [0, 0.1) is 6.92 Å². The highest BCUT2D eigenvalue weighted by Gasteiger charge is 2.30. The number of aryl methyl sites for hydroxylation is 1. The van der Waals surface area contributed by atoms with Crippen molar-refractivity contribution >= 4 is 33.0 Å². The average molecular weight is 469 g/mol. The standard InChI is InChI=1S/C21H19F3N2O3S2/c1-14-6-8-17(9-7-14)31(28,29)26(2)18-10-11-30-19(18)20(27)25-13-15-4-3-5-16(12-15)21(22,23)24/h3-12H,13H2,1-2H3,(H,25,27). The van der Waals surface area contributed by atoms with Gasteiger partial charge in [0, 0.05) is 13.6 Å². The van der Waals surface area contributed by atoms with Crippen LogP contribution in [0.3, 0.4) is 0 Å². The van der Waals surface area contributed by atoms with Gasteiger partial charge in [-0.25, -0.2) is 8.42 Å². The lowest BCUT2D eigenvalue weighted by molar-refractivity contribution is -0.137. The molecule has 0 aliphatic rings. The van der Waals surface area contributed by atoms with Crippen molar-refractivity contribution in [3.63, 3.8) is 0 Å². The van der Waals surface area contributed by atoms with Crippen LogP contribution in [0.2, 0.25) is 0 Å². The molecule has 0 atom stereocenters. The summed E-state index contributed by atoms with van der Waals surface area (Å²) in [6, 6.07) is 12.5. The first-order valence-electron chi connectivity index (χ1n) is 9.07. The van der Waals surface area contributed by atoms with E-state index in [2.05, 4.69) is 5.32 Å². The molecule has 0 radical (unpaired) electrons. The molecular formula is C21H19F3N2O3S2. The van der Waals surface area contributed by atoms with Crippen molar-refractivity contribution in [1.29, 1.82) is 0 Å². The molecular weight excluding hydrogens is 449 g/mol. The van der Waals surface area contributed by atoms with Gasteiger partial charge in [-0.15, -0.1) is 11.3 Å². The lowest BCUT2D eigenvalue weighted by Gasteiger charge is -2.20. The molecule has 0 spiro atoms. The summed E-state index contributed by atoms with van der Waals surface area (Å²) in [5.74, 6) is -0.576. The monoisotopic (exact) mass is 468 g/mol. The molecule has 164 valence electrons. The number of rotatable bonds is 6. The van der Waals surface area contributed by atoms with Gasteiger partial charge in [-0.3, -0.25) is 9.10 Å². The van der Waals surface area contributed by atoms with Crippen LogP contribution in [0.15, 0.2) is 64.9 Å². The van der Waals surface area contributed by atoms with Crippen LogP contribution in [0.4, 0.5) is 18.9 Å². The molecule has 3 rings (SSSR count). The van der Waals surface area contributed by atoms with Crippen LogP contribution in [-0.4, -0.2) is 21.4 Å². The topological polar surface area (TPSA) is 66.5 Å². The predicted octanol–water partition coefficient (Wildman–Crippen LogP) is 4.83. The van der Waals surface area contributed by atoms with Crippen LogP contribution < -0.4 is 9.62 Å². The Hall–Kier alpha value is -2.85. The summed E-state index contributed by atoms with van der Waals surface area (Å²) in [4.78, 5) is 12.9. The summed E-state index contributed by atoms with van der Waals surface area (Å²) < 4.78 is 65.4. The van der Waals surface area contributed by atoms with Crippen molar-refractivity contribution in [2.24, 2.45) is 0 Å². The van der Waals surface area contributed by atoms with Crippen LogP contribution in [0.25, 0.3) is 0 Å². The minimum atomic E-state index is -4.48. The Morgan fingerprint density at radius 2 is 1.77 bits per heavy atom. The van der Waals surface area contributed by atoms with E-state index in [0.717, 1.165) is 33.3 Å². The van der Waals surface area contributed by atoms with E-state index in [9.17, 15) is 26.4 Å². The van der Waals surface area contributed by atoms with E-state index < -0.39 is 27.7 Å². The molecule has 1 amide bonds. The number of hydrogen-bond acceptors (Lipinski definition) is 4. The van der Waals surface area contributed by atoms with E-state index in [1.807, 2.05) is 6.92 Å². The van der Waals surface area contributed by atoms with E-state index in [1.165, 1.54) is 37.4 Å². The third kappa shape index (κ3) is 5.08. The maximum Gasteiger partial charge on any atom is 0.416 e. The molecule has 10 heteroatoms. The summed E-state index contributed by atoms with van der Waals surface area (Å²) in [6.07, 6.45) is -4.48. The highest BCUT2D eigenvalue weighted by atomic mass is 32.2. The number of thiophene rings is 1. The average Bonchev–Trinajstić information content (AvgIpc) is 3.21. The summed E-state index contributed by atoms with van der Waals surface area (Å²) in [6.45, 7) is 1.71. The number of anilines is 1. The molecule has 31 heavy (non-hydrogen) atoms. The fourth-order valence-corrected chi connectivity index (χ4v) is 4.94. The Morgan fingerprint density at radius 1 is 1.10 bits per heavy atom. The van der Waals surface area contributed by atoms with Gasteiger partial charge in [-0.05, 0) is 48.2 Å². The highest BCUT2D eigenvalue weighted by molar-refractivity contribution is 7.92. The van der Waals surface area contributed by atoms with Gasteiger partial charge in [0.2, 0.25) is 0 Å². The Kier molecular flexibility index (Phi) is 6.42. The van der Waals surface area contributed by atoms with E-state index in [0.29, 0.717) is 0 Å². The minimum Gasteiger partial charge on any atom is -0.347 e. The van der Waals surface area contributed by atoms with Crippen LogP contribution >= 0.6 is 11.3 Å². The lowest BCUT2D eigenvalue weighted by atomic mass is 10.1. The van der Waals surface area contributed by atoms with Gasteiger partial charge in [0.05, 0.1) is 16.1 Å². The first kappa shape index (κ1) is 22.8. The number of alkyl halides is 3. The smallest absolute Gasteiger partial charge is 0.347 e. The van der Waals surface area contributed by atoms with Crippen molar-refractivity contribution in [3.05, 3.63) is 81.5 Å². The first-order valence-corrected chi connectivity index (χ1v) is 11.4. The second-order valence-corrected chi connectivity index (χ2v) is 9.69. The number of nitrogens with one attached hydrogen (secondary N) is 1. The molecule has 0 aliphatic heterocycles. The highest BCUT2D eigenvalue weighted by Crippen LogP contribution is 2.31. The number of benzene rings is 2. The van der Waals surface area contributed by atoms with Crippen LogP contribution in [0.1, 0.15) is 26.4 Å². The van der Waals surface area contributed by atoms with Gasteiger partial charge in [0.1, 0.15) is 4.88 Å². The van der Waals surface area contributed by atoms with Crippen molar-refractivity contribution in [2.75, 3.05) is 11.4 Å². The van der Waals surface area contributed by atoms with E-state index in [-0.39, 0.29) is 27.6 Å². The molecule has 2 aromatic carbocycles. The first-order chi connectivity index (χ1) is 14.5. The zero-order valence-corrected chi connectivity index (χ0v) is 18.2.